The number of hydrogen-bond donors (Lipinski definition) is 1. The molecular formula is C21H28ClN3O2. The third-order valence-corrected chi connectivity index (χ3v) is 4.82. The van der Waals surface area contributed by atoms with Gasteiger partial charge in [0.25, 0.3) is 0 Å². The van der Waals surface area contributed by atoms with E-state index in [9.17, 15) is 4.79 Å². The molecular weight excluding hydrogens is 362 g/mol. The zero-order chi connectivity index (χ0) is 19.8. The van der Waals surface area contributed by atoms with Gasteiger partial charge in [0, 0.05) is 24.7 Å². The Bertz CT molecular complexity index is 781. The van der Waals surface area contributed by atoms with Crippen LogP contribution in [0, 0.1) is 13.8 Å². The summed E-state index contributed by atoms with van der Waals surface area (Å²) in [7, 11) is 0. The van der Waals surface area contributed by atoms with Crippen LogP contribution in [0.2, 0.25) is 5.15 Å². The largest absolute Gasteiger partial charge is 0.395 e. The van der Waals surface area contributed by atoms with Crippen LogP contribution in [0.3, 0.4) is 0 Å². The highest BCUT2D eigenvalue weighted by Crippen LogP contribution is 2.22. The first-order chi connectivity index (χ1) is 13.0. The minimum Gasteiger partial charge on any atom is -0.395 e. The first-order valence-corrected chi connectivity index (χ1v) is 9.70. The Balaban J connectivity index is 2.13. The molecule has 6 heteroatoms. The van der Waals surface area contributed by atoms with Gasteiger partial charge in [-0.25, -0.2) is 4.68 Å². The van der Waals surface area contributed by atoms with Gasteiger partial charge in [0.2, 0.25) is 5.91 Å². The Kier molecular flexibility index (Phi) is 8.07. The monoisotopic (exact) mass is 389 g/mol. The molecule has 1 N–H and O–H groups in total. The molecule has 0 spiro atoms. The number of unbranched alkanes of at least 4 members (excludes halogenated alkanes) is 1. The predicted octanol–water partition coefficient (Wildman–Crippen LogP) is 3.84. The van der Waals surface area contributed by atoms with Crippen molar-refractivity contribution in [2.75, 3.05) is 19.7 Å². The molecule has 0 aliphatic carbocycles. The molecule has 0 atom stereocenters. The summed E-state index contributed by atoms with van der Waals surface area (Å²) in [5.41, 5.74) is 3.85. The number of hydrogen-bond acceptors (Lipinski definition) is 3. The van der Waals surface area contributed by atoms with Crippen LogP contribution < -0.4 is 0 Å². The van der Waals surface area contributed by atoms with E-state index in [4.69, 9.17) is 16.7 Å². The Morgan fingerprint density at radius 3 is 2.59 bits per heavy atom. The van der Waals surface area contributed by atoms with Gasteiger partial charge in [-0.3, -0.25) is 4.79 Å². The second-order valence-electron chi connectivity index (χ2n) is 6.67. The van der Waals surface area contributed by atoms with Gasteiger partial charge in [-0.2, -0.15) is 5.10 Å². The Labute approximate surface area is 166 Å². The highest BCUT2D eigenvalue weighted by Gasteiger charge is 2.13. The molecule has 1 heterocycles. The van der Waals surface area contributed by atoms with E-state index < -0.39 is 0 Å². The SMILES string of the molecule is CCCCN(CCO)C(=O)/C=C/c1c(C)nn(Cc2ccc(C)cc2)c1Cl. The second-order valence-corrected chi connectivity index (χ2v) is 7.03. The van der Waals surface area contributed by atoms with Crippen molar-refractivity contribution in [2.45, 2.75) is 40.2 Å². The summed E-state index contributed by atoms with van der Waals surface area (Å²) in [6.45, 7) is 7.51. The van der Waals surface area contributed by atoms with Gasteiger partial charge in [0.1, 0.15) is 5.15 Å². The van der Waals surface area contributed by atoms with Gasteiger partial charge in [-0.1, -0.05) is 54.8 Å². The van der Waals surface area contributed by atoms with Crippen LogP contribution in [-0.2, 0) is 11.3 Å². The van der Waals surface area contributed by atoms with E-state index in [-0.39, 0.29) is 12.5 Å². The zero-order valence-electron chi connectivity index (χ0n) is 16.3. The molecule has 0 bridgehead atoms. The molecule has 27 heavy (non-hydrogen) atoms. The fraction of sp³-hybridized carbons (Fsp3) is 0.429. The number of aryl methyl sites for hydroxylation is 2. The number of rotatable bonds is 9. The molecule has 1 amide bonds. The topological polar surface area (TPSA) is 58.4 Å². The molecule has 2 rings (SSSR count). The van der Waals surface area contributed by atoms with Gasteiger partial charge >= 0.3 is 0 Å². The maximum atomic E-state index is 12.4. The van der Waals surface area contributed by atoms with Crippen molar-refractivity contribution >= 4 is 23.6 Å². The van der Waals surface area contributed by atoms with Crippen LogP contribution in [0.25, 0.3) is 6.08 Å². The molecule has 1 aromatic carbocycles. The molecule has 146 valence electrons. The van der Waals surface area contributed by atoms with Crippen LogP contribution >= 0.6 is 11.6 Å². The summed E-state index contributed by atoms with van der Waals surface area (Å²) in [6.07, 6.45) is 5.13. The Morgan fingerprint density at radius 1 is 1.26 bits per heavy atom. The third kappa shape index (κ3) is 5.94. The lowest BCUT2D eigenvalue weighted by atomic mass is 10.1. The lowest BCUT2D eigenvalue weighted by molar-refractivity contribution is -0.126. The van der Waals surface area contributed by atoms with Crippen LogP contribution in [0.1, 0.15) is 42.1 Å². The van der Waals surface area contributed by atoms with Crippen molar-refractivity contribution in [1.82, 2.24) is 14.7 Å². The lowest BCUT2D eigenvalue weighted by Crippen LogP contribution is -2.33. The third-order valence-electron chi connectivity index (χ3n) is 4.42. The van der Waals surface area contributed by atoms with Crippen molar-refractivity contribution < 1.29 is 9.90 Å². The van der Waals surface area contributed by atoms with E-state index in [2.05, 4.69) is 43.2 Å². The van der Waals surface area contributed by atoms with E-state index in [1.54, 1.807) is 15.7 Å². The van der Waals surface area contributed by atoms with Crippen molar-refractivity contribution in [3.8, 4) is 0 Å². The normalized spacial score (nSPS) is 11.3. The van der Waals surface area contributed by atoms with Crippen LogP contribution in [0.15, 0.2) is 30.3 Å². The molecule has 0 saturated carbocycles. The van der Waals surface area contributed by atoms with Crippen molar-refractivity contribution in [3.05, 3.63) is 57.9 Å². The first kappa shape index (κ1) is 21.2. The van der Waals surface area contributed by atoms with Crippen LogP contribution in [0.5, 0.6) is 0 Å². The Morgan fingerprint density at radius 2 is 1.96 bits per heavy atom. The summed E-state index contributed by atoms with van der Waals surface area (Å²) in [5, 5.41) is 14.2. The van der Waals surface area contributed by atoms with Crippen LogP contribution in [0.4, 0.5) is 0 Å². The molecule has 0 unspecified atom stereocenters. The number of aromatic nitrogens is 2. The summed E-state index contributed by atoms with van der Waals surface area (Å²) in [6, 6.07) is 8.24. The average molecular weight is 390 g/mol. The summed E-state index contributed by atoms with van der Waals surface area (Å²) in [5.74, 6) is -0.126. The summed E-state index contributed by atoms with van der Waals surface area (Å²) >= 11 is 6.50. The molecule has 0 aliphatic heterocycles. The number of aliphatic hydroxyl groups excluding tert-OH is 1. The van der Waals surface area contributed by atoms with Crippen LogP contribution in [-0.4, -0.2) is 45.4 Å². The molecule has 0 saturated heterocycles. The molecule has 1 aromatic heterocycles. The number of halogens is 1. The molecule has 0 fully saturated rings. The highest BCUT2D eigenvalue weighted by atomic mass is 35.5. The quantitative estimate of drug-likeness (QED) is 0.663. The minimum atomic E-state index is -0.126. The van der Waals surface area contributed by atoms with Crippen molar-refractivity contribution in [2.24, 2.45) is 0 Å². The van der Waals surface area contributed by atoms with E-state index in [1.807, 2.05) is 6.92 Å². The molecule has 0 radical (unpaired) electrons. The van der Waals surface area contributed by atoms with Gasteiger partial charge < -0.3 is 10.0 Å². The summed E-state index contributed by atoms with van der Waals surface area (Å²) in [4.78, 5) is 14.1. The summed E-state index contributed by atoms with van der Waals surface area (Å²) < 4.78 is 1.74. The zero-order valence-corrected chi connectivity index (χ0v) is 17.0. The minimum absolute atomic E-state index is 0.0441. The average Bonchev–Trinajstić information content (AvgIpc) is 2.91. The second kappa shape index (κ2) is 10.3. The number of amides is 1. The number of nitrogens with zero attached hydrogens (tertiary/aromatic N) is 3. The maximum Gasteiger partial charge on any atom is 0.246 e. The Hall–Kier alpha value is -2.11. The van der Waals surface area contributed by atoms with Gasteiger partial charge in [0.05, 0.1) is 18.8 Å². The van der Waals surface area contributed by atoms with Crippen molar-refractivity contribution in [1.29, 1.82) is 0 Å². The number of benzene rings is 1. The van der Waals surface area contributed by atoms with Crippen molar-refractivity contribution in [3.63, 3.8) is 0 Å². The first-order valence-electron chi connectivity index (χ1n) is 9.32. The van der Waals surface area contributed by atoms with Gasteiger partial charge in [-0.05, 0) is 31.9 Å². The van der Waals surface area contributed by atoms with E-state index >= 15 is 0 Å². The number of carbonyl (C=O) groups excluding carboxylic acids is 1. The lowest BCUT2D eigenvalue weighted by Gasteiger charge is -2.19. The smallest absolute Gasteiger partial charge is 0.246 e. The van der Waals surface area contributed by atoms with E-state index in [0.29, 0.717) is 24.8 Å². The number of aliphatic hydroxyl groups is 1. The molecule has 2 aromatic rings. The molecule has 5 nitrogen and oxygen atoms in total. The standard InChI is InChI=1S/C21H28ClN3O2/c1-4-5-12-24(13-14-26)20(27)11-10-19-17(3)23-25(21(19)22)15-18-8-6-16(2)7-9-18/h6-11,26H,4-5,12-15H2,1-3H3/b11-10+. The maximum absolute atomic E-state index is 12.4. The number of carbonyl (C=O) groups is 1. The fourth-order valence-corrected chi connectivity index (χ4v) is 3.09. The van der Waals surface area contributed by atoms with E-state index in [0.717, 1.165) is 29.7 Å². The fourth-order valence-electron chi connectivity index (χ4n) is 2.79. The van der Waals surface area contributed by atoms with Gasteiger partial charge in [-0.15, -0.1) is 0 Å². The van der Waals surface area contributed by atoms with Gasteiger partial charge in [0.15, 0.2) is 0 Å². The van der Waals surface area contributed by atoms with E-state index in [1.165, 1.54) is 11.6 Å². The predicted molar refractivity (Wildman–Crippen MR) is 110 cm³/mol. The molecule has 0 aliphatic rings. The highest BCUT2D eigenvalue weighted by molar-refractivity contribution is 6.31.